The molecule has 1 rings (SSSR count). The van der Waals surface area contributed by atoms with E-state index < -0.39 is 0 Å². The molecule has 1 radical (unpaired) electrons. The first-order valence-electron chi connectivity index (χ1n) is 3.47. The summed E-state index contributed by atoms with van der Waals surface area (Å²) in [7, 11) is 0. The minimum absolute atomic E-state index is 0. The second-order valence-corrected chi connectivity index (χ2v) is 1.61. The molecular weight excluding hydrogens is 235 g/mol. The Morgan fingerprint density at radius 2 is 1.13 bits per heavy atom. The van der Waals surface area contributed by atoms with Gasteiger partial charge >= 0.3 is 0 Å². The first-order chi connectivity index (χ1) is 6.93. The van der Waals surface area contributed by atoms with Crippen LogP contribution in [0.5, 0.6) is 0 Å². The van der Waals surface area contributed by atoms with Gasteiger partial charge in [0.15, 0.2) is 0 Å². The van der Waals surface area contributed by atoms with E-state index in [4.69, 9.17) is 14.4 Å². The molecule has 0 saturated heterocycles. The summed E-state index contributed by atoms with van der Waals surface area (Å²) in [4.78, 5) is 24.0. The average Bonchev–Trinajstić information content (AvgIpc) is 2.37. The zero-order chi connectivity index (χ0) is 11.8. The average molecular weight is 249 g/mol. The van der Waals surface area contributed by atoms with Crippen molar-refractivity contribution in [2.45, 2.75) is 0 Å². The molecule has 0 aliphatic rings. The van der Waals surface area contributed by atoms with Gasteiger partial charge in [-0.25, -0.2) is 0 Å². The maximum absolute atomic E-state index is 8.00. The molecule has 0 aliphatic carbocycles. The number of hydrogen-bond acceptors (Lipinski definition) is 3. The predicted molar refractivity (Wildman–Crippen MR) is 57.9 cm³/mol. The van der Waals surface area contributed by atoms with Crippen molar-refractivity contribution in [1.29, 1.82) is 0 Å². The van der Waals surface area contributed by atoms with Crippen molar-refractivity contribution in [3.63, 3.8) is 0 Å². The number of hydrogen-bond donors (Lipinski definition) is 0. The van der Waals surface area contributed by atoms with E-state index in [1.165, 1.54) is 5.56 Å². The predicted octanol–water partition coefficient (Wildman–Crippen LogP) is 1.77. The Kier molecular flexibility index (Phi) is 45.8. The largest absolute Gasteiger partial charge is 0.307 e. The molecule has 3 nitrogen and oxygen atoms in total. The Bertz CT molecular complexity index is 210. The molecule has 0 N–H and O–H groups in total. The van der Waals surface area contributed by atoms with Crippen molar-refractivity contribution >= 4 is 26.4 Å². The van der Waals surface area contributed by atoms with Gasteiger partial charge in [-0.1, -0.05) is 43.0 Å². The van der Waals surface area contributed by atoms with Crippen LogP contribution in [0, 0.1) is 0 Å². The summed E-state index contributed by atoms with van der Waals surface area (Å²) in [6, 6.07) is 10.0. The molecule has 0 fully saturated rings. The van der Waals surface area contributed by atoms with Crippen LogP contribution in [-0.2, 0) is 31.5 Å². The summed E-state index contributed by atoms with van der Waals surface area (Å²) in [5, 5.41) is 0. The molecule has 1 aromatic rings. The van der Waals surface area contributed by atoms with Crippen LogP contribution in [0.1, 0.15) is 5.56 Å². The Hall–Kier alpha value is -1.51. The molecular formula is C11H14MnO3. The molecule has 0 heterocycles. The van der Waals surface area contributed by atoms with Gasteiger partial charge in [0.2, 0.25) is 0 Å². The van der Waals surface area contributed by atoms with Crippen LogP contribution < -0.4 is 0 Å². The Balaban J connectivity index is -0.0000000755. The molecule has 4 heteroatoms. The molecule has 0 amide bonds. The fraction of sp³-hybridized carbons (Fsp3) is 0. The Morgan fingerprint density at radius 1 is 0.800 bits per heavy atom. The SMILES string of the molecule is C=Cc1ccccc1.C=O.C=O.C=O.[Mn]. The smallest absolute Gasteiger partial charge is 0.106 e. The summed E-state index contributed by atoms with van der Waals surface area (Å²) in [6.07, 6.45) is 1.83. The minimum atomic E-state index is 0. The summed E-state index contributed by atoms with van der Waals surface area (Å²) in [6.45, 7) is 9.63. The molecule has 15 heavy (non-hydrogen) atoms. The van der Waals surface area contributed by atoms with Crippen molar-refractivity contribution < 1.29 is 31.5 Å². The molecule has 0 spiro atoms. The van der Waals surface area contributed by atoms with E-state index in [1.54, 1.807) is 0 Å². The zero-order valence-corrected chi connectivity index (χ0v) is 9.58. The third kappa shape index (κ3) is 19.1. The van der Waals surface area contributed by atoms with E-state index in [2.05, 4.69) is 6.58 Å². The van der Waals surface area contributed by atoms with Gasteiger partial charge in [-0.3, -0.25) is 0 Å². The maximum atomic E-state index is 8.00. The van der Waals surface area contributed by atoms with Crippen molar-refractivity contribution in [1.82, 2.24) is 0 Å². The van der Waals surface area contributed by atoms with Crippen LogP contribution in [-0.4, -0.2) is 20.4 Å². The van der Waals surface area contributed by atoms with E-state index in [0.29, 0.717) is 0 Å². The summed E-state index contributed by atoms with van der Waals surface area (Å²) >= 11 is 0. The van der Waals surface area contributed by atoms with E-state index in [0.717, 1.165) is 0 Å². The van der Waals surface area contributed by atoms with Crippen molar-refractivity contribution in [2.24, 2.45) is 0 Å². The third-order valence-electron chi connectivity index (χ3n) is 1.04. The van der Waals surface area contributed by atoms with Crippen molar-refractivity contribution in [3.8, 4) is 0 Å². The monoisotopic (exact) mass is 249 g/mol. The van der Waals surface area contributed by atoms with Crippen LogP contribution >= 0.6 is 0 Å². The molecule has 0 aliphatic heterocycles. The van der Waals surface area contributed by atoms with E-state index >= 15 is 0 Å². The van der Waals surface area contributed by atoms with Gasteiger partial charge in [-0.2, -0.15) is 0 Å². The molecule has 0 bridgehead atoms. The number of carbonyl (C=O) groups excluding carboxylic acids is 3. The minimum Gasteiger partial charge on any atom is -0.307 e. The van der Waals surface area contributed by atoms with E-state index in [1.807, 2.05) is 56.8 Å². The molecule has 0 unspecified atom stereocenters. The quantitative estimate of drug-likeness (QED) is 0.713. The van der Waals surface area contributed by atoms with Gasteiger partial charge in [0.25, 0.3) is 0 Å². The van der Waals surface area contributed by atoms with Crippen molar-refractivity contribution in [2.75, 3.05) is 0 Å². The second-order valence-electron chi connectivity index (χ2n) is 1.61. The van der Waals surface area contributed by atoms with Gasteiger partial charge in [-0.15, -0.1) is 0 Å². The number of carbonyl (C=O) groups is 3. The summed E-state index contributed by atoms with van der Waals surface area (Å²) in [5.74, 6) is 0. The number of rotatable bonds is 1. The molecule has 1 aromatic carbocycles. The van der Waals surface area contributed by atoms with Crippen LogP contribution in [0.2, 0.25) is 0 Å². The summed E-state index contributed by atoms with van der Waals surface area (Å²) < 4.78 is 0. The van der Waals surface area contributed by atoms with Gasteiger partial charge in [-0.05, 0) is 5.56 Å². The fourth-order valence-corrected chi connectivity index (χ4v) is 0.589. The first-order valence-corrected chi connectivity index (χ1v) is 3.47. The Labute approximate surface area is 101 Å². The normalized spacial score (nSPS) is 5.33. The Morgan fingerprint density at radius 3 is 1.33 bits per heavy atom. The van der Waals surface area contributed by atoms with Crippen LogP contribution in [0.3, 0.4) is 0 Å². The third-order valence-corrected chi connectivity index (χ3v) is 1.04. The van der Waals surface area contributed by atoms with E-state index in [-0.39, 0.29) is 17.1 Å². The maximum Gasteiger partial charge on any atom is 0.106 e. The van der Waals surface area contributed by atoms with Gasteiger partial charge in [0.05, 0.1) is 0 Å². The molecule has 0 aromatic heterocycles. The molecule has 83 valence electrons. The van der Waals surface area contributed by atoms with Crippen LogP contribution in [0.4, 0.5) is 0 Å². The summed E-state index contributed by atoms with van der Waals surface area (Å²) in [5.41, 5.74) is 1.17. The van der Waals surface area contributed by atoms with Gasteiger partial charge < -0.3 is 14.4 Å². The molecule has 0 atom stereocenters. The van der Waals surface area contributed by atoms with E-state index in [9.17, 15) is 0 Å². The topological polar surface area (TPSA) is 51.2 Å². The van der Waals surface area contributed by atoms with Gasteiger partial charge in [0.1, 0.15) is 20.4 Å². The zero-order valence-electron chi connectivity index (χ0n) is 8.40. The van der Waals surface area contributed by atoms with Crippen LogP contribution in [0.15, 0.2) is 36.9 Å². The van der Waals surface area contributed by atoms with Crippen LogP contribution in [0.25, 0.3) is 6.08 Å². The van der Waals surface area contributed by atoms with Crippen molar-refractivity contribution in [3.05, 3.63) is 42.5 Å². The number of benzene rings is 1. The second kappa shape index (κ2) is 29.4. The molecule has 0 saturated carbocycles. The standard InChI is InChI=1S/C8H8.3CH2O.Mn/c1-2-8-6-4-3-5-7-8;3*1-2;/h2-7H,1H2;3*1H2;. The first kappa shape index (κ1) is 23.4. The fourth-order valence-electron chi connectivity index (χ4n) is 0.589. The van der Waals surface area contributed by atoms with Gasteiger partial charge in [0, 0.05) is 17.1 Å².